The van der Waals surface area contributed by atoms with Crippen molar-refractivity contribution in [3.8, 4) is 0 Å². The molecule has 7 heteroatoms. The number of rotatable bonds is 4. The van der Waals surface area contributed by atoms with E-state index in [-0.39, 0.29) is 16.8 Å². The Hall–Kier alpha value is -3.35. The fourth-order valence-electron chi connectivity index (χ4n) is 2.40. The lowest BCUT2D eigenvalue weighted by molar-refractivity contribution is 0.0468. The second-order valence-electron chi connectivity index (χ2n) is 5.33. The van der Waals surface area contributed by atoms with Crippen LogP contribution in [0.5, 0.6) is 0 Å². The highest BCUT2D eigenvalue weighted by Crippen LogP contribution is 2.14. The van der Waals surface area contributed by atoms with E-state index in [0.29, 0.717) is 10.8 Å². The molecule has 0 atom stereocenters. The van der Waals surface area contributed by atoms with E-state index in [1.54, 1.807) is 24.3 Å². The van der Waals surface area contributed by atoms with Crippen LogP contribution in [-0.2, 0) is 11.8 Å². The SMILES string of the molecule is Cn1nc(C(=O)OCC(=O)c2cccc(F)c2)c2ccccc2c1=O. The third-order valence-electron chi connectivity index (χ3n) is 3.63. The van der Waals surface area contributed by atoms with E-state index in [2.05, 4.69) is 5.10 Å². The number of esters is 1. The Balaban J connectivity index is 1.85. The number of carbonyl (C=O) groups is 2. The van der Waals surface area contributed by atoms with Gasteiger partial charge in [0.25, 0.3) is 5.56 Å². The van der Waals surface area contributed by atoms with Gasteiger partial charge in [-0.05, 0) is 18.2 Å². The molecular weight excluding hydrogens is 327 g/mol. The summed E-state index contributed by atoms with van der Waals surface area (Å²) in [6.07, 6.45) is 0. The van der Waals surface area contributed by atoms with Gasteiger partial charge in [-0.25, -0.2) is 13.9 Å². The number of nitrogens with zero attached hydrogens (tertiary/aromatic N) is 2. The van der Waals surface area contributed by atoms with Gasteiger partial charge in [0.1, 0.15) is 5.82 Å². The Morgan fingerprint density at radius 2 is 1.84 bits per heavy atom. The lowest BCUT2D eigenvalue weighted by atomic mass is 10.1. The number of halogens is 1. The van der Waals surface area contributed by atoms with Crippen LogP contribution in [0, 0.1) is 5.82 Å². The maximum absolute atomic E-state index is 13.1. The fraction of sp³-hybridized carbons (Fsp3) is 0.111. The van der Waals surface area contributed by atoms with Crippen LogP contribution >= 0.6 is 0 Å². The van der Waals surface area contributed by atoms with Gasteiger partial charge in [0, 0.05) is 18.0 Å². The van der Waals surface area contributed by atoms with E-state index in [9.17, 15) is 18.8 Å². The van der Waals surface area contributed by atoms with Crippen molar-refractivity contribution in [2.75, 3.05) is 6.61 Å². The molecule has 0 bridgehead atoms. The van der Waals surface area contributed by atoms with E-state index >= 15 is 0 Å². The van der Waals surface area contributed by atoms with Crippen LogP contribution < -0.4 is 5.56 Å². The predicted octanol–water partition coefficient (Wildman–Crippen LogP) is 2.11. The molecule has 2 aromatic carbocycles. The molecular formula is C18H13FN2O4. The molecule has 0 aliphatic heterocycles. The lowest BCUT2D eigenvalue weighted by Gasteiger charge is -2.08. The number of carbonyl (C=O) groups excluding carboxylic acids is 2. The van der Waals surface area contributed by atoms with E-state index in [1.165, 1.54) is 25.2 Å². The maximum atomic E-state index is 13.1. The number of aromatic nitrogens is 2. The number of hydrogen-bond acceptors (Lipinski definition) is 5. The van der Waals surface area contributed by atoms with Crippen LogP contribution in [0.25, 0.3) is 10.8 Å². The first-order valence-corrected chi connectivity index (χ1v) is 7.39. The number of hydrogen-bond donors (Lipinski definition) is 0. The van der Waals surface area contributed by atoms with Crippen molar-refractivity contribution in [3.05, 3.63) is 76.0 Å². The smallest absolute Gasteiger partial charge is 0.359 e. The van der Waals surface area contributed by atoms with Crippen molar-refractivity contribution < 1.29 is 18.7 Å². The molecule has 0 saturated heterocycles. The van der Waals surface area contributed by atoms with E-state index in [4.69, 9.17) is 4.74 Å². The molecule has 0 unspecified atom stereocenters. The molecule has 0 radical (unpaired) electrons. The van der Waals surface area contributed by atoms with Gasteiger partial charge < -0.3 is 4.74 Å². The number of fused-ring (bicyclic) bond motifs is 1. The summed E-state index contributed by atoms with van der Waals surface area (Å²) < 4.78 is 19.2. The quantitative estimate of drug-likeness (QED) is 0.537. The minimum Gasteiger partial charge on any atom is -0.452 e. The highest BCUT2D eigenvalue weighted by atomic mass is 19.1. The summed E-state index contributed by atoms with van der Waals surface area (Å²) in [5.41, 5.74) is -0.307. The molecule has 6 nitrogen and oxygen atoms in total. The maximum Gasteiger partial charge on any atom is 0.359 e. The Kier molecular flexibility index (Phi) is 4.38. The molecule has 0 fully saturated rings. The topological polar surface area (TPSA) is 78.3 Å². The van der Waals surface area contributed by atoms with Crippen molar-refractivity contribution in [2.24, 2.45) is 7.05 Å². The highest BCUT2D eigenvalue weighted by molar-refractivity contribution is 6.04. The van der Waals surface area contributed by atoms with Gasteiger partial charge in [-0.3, -0.25) is 9.59 Å². The van der Waals surface area contributed by atoms with Gasteiger partial charge >= 0.3 is 5.97 Å². The van der Waals surface area contributed by atoms with Crippen LogP contribution in [0.1, 0.15) is 20.8 Å². The van der Waals surface area contributed by atoms with Crippen LogP contribution in [0.15, 0.2) is 53.3 Å². The summed E-state index contributed by atoms with van der Waals surface area (Å²) in [5.74, 6) is -1.93. The van der Waals surface area contributed by atoms with Gasteiger partial charge in [0.05, 0.1) is 5.39 Å². The summed E-state index contributed by atoms with van der Waals surface area (Å²) in [4.78, 5) is 36.3. The molecule has 3 rings (SSSR count). The monoisotopic (exact) mass is 340 g/mol. The molecule has 0 amide bonds. The molecule has 0 spiro atoms. The van der Waals surface area contributed by atoms with Gasteiger partial charge in [-0.2, -0.15) is 5.10 Å². The van der Waals surface area contributed by atoms with Gasteiger partial charge in [-0.1, -0.05) is 30.3 Å². The first-order chi connectivity index (χ1) is 12.0. The molecule has 0 saturated carbocycles. The molecule has 0 N–H and O–H groups in total. The normalized spacial score (nSPS) is 10.6. The summed E-state index contributed by atoms with van der Waals surface area (Å²) in [6.45, 7) is -0.554. The molecule has 0 aliphatic carbocycles. The number of benzene rings is 2. The second-order valence-corrected chi connectivity index (χ2v) is 5.33. The molecule has 1 aromatic heterocycles. The summed E-state index contributed by atoms with van der Waals surface area (Å²) in [5, 5.41) is 4.59. The van der Waals surface area contributed by atoms with Crippen molar-refractivity contribution >= 4 is 22.5 Å². The predicted molar refractivity (Wildman–Crippen MR) is 88.0 cm³/mol. The number of aryl methyl sites for hydroxylation is 1. The number of ketones is 1. The van der Waals surface area contributed by atoms with E-state index in [0.717, 1.165) is 10.7 Å². The summed E-state index contributed by atoms with van der Waals surface area (Å²) >= 11 is 0. The molecule has 1 heterocycles. The zero-order chi connectivity index (χ0) is 18.0. The van der Waals surface area contributed by atoms with Gasteiger partial charge in [-0.15, -0.1) is 0 Å². The minimum atomic E-state index is -0.837. The van der Waals surface area contributed by atoms with Gasteiger partial charge in [0.2, 0.25) is 0 Å². The first-order valence-electron chi connectivity index (χ1n) is 7.39. The average molecular weight is 340 g/mol. The average Bonchev–Trinajstić information content (AvgIpc) is 2.62. The van der Waals surface area contributed by atoms with Crippen LogP contribution in [0.2, 0.25) is 0 Å². The lowest BCUT2D eigenvalue weighted by Crippen LogP contribution is -2.24. The third kappa shape index (κ3) is 3.30. The molecule has 3 aromatic rings. The zero-order valence-corrected chi connectivity index (χ0v) is 13.2. The Labute approximate surface area is 141 Å². The molecule has 126 valence electrons. The number of ether oxygens (including phenoxy) is 1. The Morgan fingerprint density at radius 3 is 2.56 bits per heavy atom. The van der Waals surface area contributed by atoms with Crippen LogP contribution in [0.4, 0.5) is 4.39 Å². The van der Waals surface area contributed by atoms with E-state index < -0.39 is 24.2 Å². The largest absolute Gasteiger partial charge is 0.452 e. The first kappa shape index (κ1) is 16.5. The highest BCUT2D eigenvalue weighted by Gasteiger charge is 2.18. The van der Waals surface area contributed by atoms with Crippen molar-refractivity contribution in [1.29, 1.82) is 0 Å². The van der Waals surface area contributed by atoms with E-state index in [1.807, 2.05) is 0 Å². The Morgan fingerprint density at radius 1 is 1.12 bits per heavy atom. The van der Waals surface area contributed by atoms with Crippen molar-refractivity contribution in [3.63, 3.8) is 0 Å². The van der Waals surface area contributed by atoms with Crippen LogP contribution in [-0.4, -0.2) is 28.1 Å². The summed E-state index contributed by atoms with van der Waals surface area (Å²) in [6, 6.07) is 11.6. The third-order valence-corrected chi connectivity index (χ3v) is 3.63. The zero-order valence-electron chi connectivity index (χ0n) is 13.2. The molecule has 25 heavy (non-hydrogen) atoms. The van der Waals surface area contributed by atoms with Crippen LogP contribution in [0.3, 0.4) is 0 Å². The molecule has 0 aliphatic rings. The summed E-state index contributed by atoms with van der Waals surface area (Å²) in [7, 11) is 1.42. The van der Waals surface area contributed by atoms with Gasteiger partial charge in [0.15, 0.2) is 18.1 Å². The minimum absolute atomic E-state index is 0.0651. The fourth-order valence-corrected chi connectivity index (χ4v) is 2.40. The standard InChI is InChI=1S/C18H13FN2O4/c1-21-17(23)14-8-3-2-7-13(14)16(20-21)18(24)25-10-15(22)11-5-4-6-12(19)9-11/h2-9H,10H2,1H3. The Bertz CT molecular complexity index is 1040. The van der Waals surface area contributed by atoms with Crippen molar-refractivity contribution in [2.45, 2.75) is 0 Å². The second kappa shape index (κ2) is 6.64. The number of Topliss-reactive ketones (excluding diaryl/α,β-unsaturated/α-hetero) is 1. The van der Waals surface area contributed by atoms with Crippen molar-refractivity contribution in [1.82, 2.24) is 9.78 Å².